The Morgan fingerprint density at radius 3 is 2.72 bits per heavy atom. The number of aliphatic imine (C=N–C) groups is 1. The molecule has 0 bridgehead atoms. The summed E-state index contributed by atoms with van der Waals surface area (Å²) in [7, 11) is 1.66. The quantitative estimate of drug-likeness (QED) is 0.308. The average Bonchev–Trinajstić information content (AvgIpc) is 3.59. The number of nitrogens with zero attached hydrogens (tertiary/aromatic N) is 2. The van der Waals surface area contributed by atoms with E-state index in [-0.39, 0.29) is 6.10 Å². The third-order valence-electron chi connectivity index (χ3n) is 4.74. The van der Waals surface area contributed by atoms with E-state index in [1.807, 2.05) is 31.2 Å². The second-order valence-electron chi connectivity index (χ2n) is 7.20. The van der Waals surface area contributed by atoms with E-state index >= 15 is 0 Å². The maximum absolute atomic E-state index is 11.6. The summed E-state index contributed by atoms with van der Waals surface area (Å²) in [6.45, 7) is 4.40. The summed E-state index contributed by atoms with van der Waals surface area (Å²) in [6.07, 6.45) is 4.92. The van der Waals surface area contributed by atoms with E-state index in [1.54, 1.807) is 18.0 Å². The molecule has 1 amide bonds. The first-order valence-corrected chi connectivity index (χ1v) is 9.97. The molecule has 29 heavy (non-hydrogen) atoms. The monoisotopic (exact) mass is 396 g/mol. The van der Waals surface area contributed by atoms with Crippen molar-refractivity contribution in [2.24, 2.45) is 10.9 Å². The Balaban J connectivity index is 1.55. The first kappa shape index (κ1) is 21.1. The van der Waals surface area contributed by atoms with E-state index in [2.05, 4.69) is 16.8 Å². The van der Waals surface area contributed by atoms with E-state index in [4.69, 9.17) is 14.2 Å². The lowest BCUT2D eigenvalue weighted by Gasteiger charge is -2.23. The number of carbonyl (C=O) groups is 1. The number of ether oxygens (including phenoxy) is 3. The fraction of sp³-hybridized carbons (Fsp3) is 0.478. The maximum atomic E-state index is 11.6. The van der Waals surface area contributed by atoms with Gasteiger partial charge in [-0.15, -0.1) is 0 Å². The molecule has 1 aliphatic carbocycles. The smallest absolute Gasteiger partial charge is 0.214 e. The van der Waals surface area contributed by atoms with Gasteiger partial charge in [0.1, 0.15) is 12.7 Å². The summed E-state index contributed by atoms with van der Waals surface area (Å²) >= 11 is 0. The summed E-state index contributed by atoms with van der Waals surface area (Å²) in [5.41, 5.74) is 2.79. The van der Waals surface area contributed by atoms with Gasteiger partial charge in [-0.2, -0.15) is 0 Å². The zero-order valence-electron chi connectivity index (χ0n) is 17.1. The number of carbonyl (C=O) groups excluding carboxylic acids is 1. The van der Waals surface area contributed by atoms with Gasteiger partial charge in [0.25, 0.3) is 0 Å². The van der Waals surface area contributed by atoms with Crippen LogP contribution in [0.15, 0.2) is 41.0 Å². The number of hydrogen-bond donors (Lipinski definition) is 0. The van der Waals surface area contributed by atoms with Crippen molar-refractivity contribution in [3.05, 3.63) is 47.2 Å². The van der Waals surface area contributed by atoms with E-state index in [9.17, 15) is 4.79 Å². The van der Waals surface area contributed by atoms with Crippen LogP contribution in [0.1, 0.15) is 30.9 Å². The number of rotatable bonds is 7. The topological polar surface area (TPSA) is 60.4 Å². The van der Waals surface area contributed by atoms with Crippen LogP contribution in [-0.2, 0) is 25.5 Å². The van der Waals surface area contributed by atoms with Crippen molar-refractivity contribution in [1.82, 2.24) is 4.90 Å². The van der Waals surface area contributed by atoms with Crippen LogP contribution in [0.4, 0.5) is 0 Å². The van der Waals surface area contributed by atoms with Crippen molar-refractivity contribution in [2.75, 3.05) is 33.5 Å². The third-order valence-corrected chi connectivity index (χ3v) is 4.74. The molecule has 3 rings (SSSR count). The van der Waals surface area contributed by atoms with Crippen molar-refractivity contribution in [1.29, 1.82) is 0 Å². The fourth-order valence-electron chi connectivity index (χ4n) is 2.79. The molecular formula is C23H28N2O4. The molecule has 1 aromatic carbocycles. The molecule has 1 saturated heterocycles. The van der Waals surface area contributed by atoms with E-state index < -0.39 is 0 Å². The zero-order valence-corrected chi connectivity index (χ0v) is 17.1. The summed E-state index contributed by atoms with van der Waals surface area (Å²) in [6, 6.07) is 8.01. The molecule has 0 aromatic heterocycles. The molecule has 1 saturated carbocycles. The highest BCUT2D eigenvalue weighted by molar-refractivity contribution is 5.88. The lowest BCUT2D eigenvalue weighted by atomic mass is 10.1. The second kappa shape index (κ2) is 10.8. The Labute approximate surface area is 172 Å². The van der Waals surface area contributed by atoms with Crippen LogP contribution in [0.2, 0.25) is 0 Å². The van der Waals surface area contributed by atoms with Crippen LogP contribution in [0.3, 0.4) is 0 Å². The van der Waals surface area contributed by atoms with Gasteiger partial charge in [-0.25, -0.2) is 0 Å². The highest BCUT2D eigenvalue weighted by atomic mass is 16.6. The Morgan fingerprint density at radius 2 is 2.10 bits per heavy atom. The minimum absolute atomic E-state index is 0.0992. The van der Waals surface area contributed by atoms with E-state index in [1.165, 1.54) is 12.8 Å². The number of benzene rings is 1. The van der Waals surface area contributed by atoms with Crippen LogP contribution in [0.5, 0.6) is 0 Å². The summed E-state index contributed by atoms with van der Waals surface area (Å²) in [5, 5.41) is 0. The predicted molar refractivity (Wildman–Crippen MR) is 111 cm³/mol. The summed E-state index contributed by atoms with van der Waals surface area (Å²) in [5.74, 6) is 7.50. The molecule has 1 aromatic rings. The number of allylic oxidation sites excluding steroid dienone is 1. The Kier molecular flexibility index (Phi) is 7.85. The molecule has 2 aliphatic rings. The Hall–Kier alpha value is -2.62. The molecule has 0 spiro atoms. The number of amides is 1. The van der Waals surface area contributed by atoms with Crippen LogP contribution < -0.4 is 0 Å². The van der Waals surface area contributed by atoms with Gasteiger partial charge in [0.2, 0.25) is 12.3 Å². The van der Waals surface area contributed by atoms with Gasteiger partial charge in [0, 0.05) is 30.3 Å². The van der Waals surface area contributed by atoms with Gasteiger partial charge < -0.3 is 19.1 Å². The minimum Gasteiger partial charge on any atom is -0.475 e. The van der Waals surface area contributed by atoms with Gasteiger partial charge >= 0.3 is 0 Å². The lowest BCUT2D eigenvalue weighted by Crippen LogP contribution is -2.33. The van der Waals surface area contributed by atoms with Crippen molar-refractivity contribution in [3.63, 3.8) is 0 Å². The Morgan fingerprint density at radius 1 is 1.31 bits per heavy atom. The van der Waals surface area contributed by atoms with E-state index in [0.29, 0.717) is 44.8 Å². The lowest BCUT2D eigenvalue weighted by molar-refractivity contribution is -0.116. The molecule has 1 atom stereocenters. The highest BCUT2D eigenvalue weighted by Gasteiger charge is 2.18. The van der Waals surface area contributed by atoms with Gasteiger partial charge in [0.05, 0.1) is 26.4 Å². The average molecular weight is 396 g/mol. The van der Waals surface area contributed by atoms with Gasteiger partial charge in [-0.1, -0.05) is 24.0 Å². The third kappa shape index (κ3) is 7.04. The first-order chi connectivity index (χ1) is 14.2. The maximum Gasteiger partial charge on any atom is 0.214 e. The normalized spacial score (nSPS) is 19.9. The van der Waals surface area contributed by atoms with Crippen LogP contribution in [0, 0.1) is 17.8 Å². The van der Waals surface area contributed by atoms with E-state index in [0.717, 1.165) is 23.2 Å². The first-order valence-electron chi connectivity index (χ1n) is 9.97. The van der Waals surface area contributed by atoms with Gasteiger partial charge in [0.15, 0.2) is 0 Å². The molecule has 6 heteroatoms. The van der Waals surface area contributed by atoms with Gasteiger partial charge in [-0.05, 0) is 37.5 Å². The molecule has 6 nitrogen and oxygen atoms in total. The highest BCUT2D eigenvalue weighted by Crippen LogP contribution is 2.27. The summed E-state index contributed by atoms with van der Waals surface area (Å²) in [4.78, 5) is 17.4. The Bertz CT molecular complexity index is 794. The molecule has 0 radical (unpaired) electrons. The zero-order chi connectivity index (χ0) is 20.5. The molecule has 1 unspecified atom stereocenters. The van der Waals surface area contributed by atoms with Crippen molar-refractivity contribution >= 4 is 12.3 Å². The molecule has 1 aliphatic heterocycles. The molecule has 154 valence electrons. The van der Waals surface area contributed by atoms with Crippen LogP contribution >= 0.6 is 0 Å². The van der Waals surface area contributed by atoms with Crippen molar-refractivity contribution in [3.8, 4) is 11.8 Å². The van der Waals surface area contributed by atoms with Crippen molar-refractivity contribution in [2.45, 2.75) is 32.4 Å². The van der Waals surface area contributed by atoms with Gasteiger partial charge in [-0.3, -0.25) is 9.79 Å². The largest absolute Gasteiger partial charge is 0.475 e. The summed E-state index contributed by atoms with van der Waals surface area (Å²) < 4.78 is 16.7. The SMILES string of the molecule is CN=C(/C=C(/C)N(C=O)Cc1ccc(C#CC2CC2)cc1)OCC1COCCO1. The number of hydrogen-bond acceptors (Lipinski definition) is 5. The fourth-order valence-corrected chi connectivity index (χ4v) is 2.79. The van der Waals surface area contributed by atoms with Crippen molar-refractivity contribution < 1.29 is 19.0 Å². The second-order valence-corrected chi connectivity index (χ2v) is 7.20. The molecular weight excluding hydrogens is 368 g/mol. The minimum atomic E-state index is -0.0992. The molecule has 0 N–H and O–H groups in total. The molecule has 1 heterocycles. The van der Waals surface area contributed by atoms with Crippen LogP contribution in [0.25, 0.3) is 0 Å². The van der Waals surface area contributed by atoms with Crippen LogP contribution in [-0.4, -0.2) is 56.8 Å². The predicted octanol–water partition coefficient (Wildman–Crippen LogP) is 2.77. The molecule has 2 fully saturated rings. The standard InChI is InChI=1S/C23H28N2O4/c1-18(13-23(24-2)29-16-22-15-27-11-12-28-22)25(17-26)14-21-9-7-20(8-10-21)6-5-19-3-4-19/h7-10,13,17,19,22H,3-4,11-12,14-16H2,1-2H3/b18-13-,24-23?.